The number of halogens is 4. The molecular formula is C18H23Cl2F2N5O. The molecule has 154 valence electrons. The summed E-state index contributed by atoms with van der Waals surface area (Å²) in [4.78, 5) is 2.25. The zero-order valence-electron chi connectivity index (χ0n) is 15.3. The van der Waals surface area contributed by atoms with E-state index in [0.29, 0.717) is 23.0 Å². The minimum Gasteiger partial charge on any atom is -0.434 e. The first-order chi connectivity index (χ1) is 13.1. The summed E-state index contributed by atoms with van der Waals surface area (Å²) in [5.74, 6) is 2.66. The highest BCUT2D eigenvalue weighted by Crippen LogP contribution is 2.31. The Morgan fingerprint density at radius 3 is 2.75 bits per heavy atom. The molecule has 0 spiro atoms. The number of benzene rings is 1. The van der Waals surface area contributed by atoms with Crippen LogP contribution < -0.4 is 10.1 Å². The second-order valence-electron chi connectivity index (χ2n) is 6.98. The van der Waals surface area contributed by atoms with Crippen LogP contribution in [-0.4, -0.2) is 45.9 Å². The third-order valence-electron chi connectivity index (χ3n) is 5.24. The first-order valence-corrected chi connectivity index (χ1v) is 9.56. The highest BCUT2D eigenvalue weighted by atomic mass is 35.5. The van der Waals surface area contributed by atoms with Crippen molar-refractivity contribution in [1.29, 1.82) is 0 Å². The number of alkyl halides is 2. The van der Waals surface area contributed by atoms with Gasteiger partial charge in [-0.25, -0.2) is 0 Å². The summed E-state index contributed by atoms with van der Waals surface area (Å²) in [7, 11) is 0. The maximum absolute atomic E-state index is 12.6. The van der Waals surface area contributed by atoms with Crippen molar-refractivity contribution in [3.8, 4) is 5.75 Å². The van der Waals surface area contributed by atoms with Crippen molar-refractivity contribution in [3.05, 3.63) is 40.4 Å². The molecule has 2 aliphatic heterocycles. The molecular weight excluding hydrogens is 411 g/mol. The van der Waals surface area contributed by atoms with Gasteiger partial charge in [0.05, 0.1) is 6.54 Å². The lowest BCUT2D eigenvalue weighted by molar-refractivity contribution is -0.0508. The van der Waals surface area contributed by atoms with Gasteiger partial charge in [0.1, 0.15) is 17.4 Å². The lowest BCUT2D eigenvalue weighted by Gasteiger charge is -2.32. The molecule has 2 aromatic rings. The number of hydrogen-bond donors (Lipinski definition) is 1. The summed E-state index contributed by atoms with van der Waals surface area (Å²) in [6.45, 7) is 2.06. The maximum atomic E-state index is 12.6. The topological polar surface area (TPSA) is 55.2 Å². The molecule has 0 aliphatic carbocycles. The largest absolute Gasteiger partial charge is 0.434 e. The highest BCUT2D eigenvalue weighted by Gasteiger charge is 2.27. The number of rotatable bonds is 5. The Balaban J connectivity index is 0.00000225. The first-order valence-electron chi connectivity index (χ1n) is 9.18. The zero-order chi connectivity index (χ0) is 18.8. The lowest BCUT2D eigenvalue weighted by atomic mass is 9.95. The van der Waals surface area contributed by atoms with Crippen LogP contribution in [0.5, 0.6) is 5.75 Å². The summed E-state index contributed by atoms with van der Waals surface area (Å²) < 4.78 is 32.2. The molecule has 4 rings (SSSR count). The predicted molar refractivity (Wildman–Crippen MR) is 104 cm³/mol. The van der Waals surface area contributed by atoms with Crippen molar-refractivity contribution in [2.24, 2.45) is 0 Å². The van der Waals surface area contributed by atoms with Crippen molar-refractivity contribution >= 4 is 24.0 Å². The van der Waals surface area contributed by atoms with E-state index in [0.717, 1.165) is 57.2 Å². The molecule has 0 saturated carbocycles. The molecule has 1 aromatic carbocycles. The van der Waals surface area contributed by atoms with Crippen molar-refractivity contribution in [2.75, 3.05) is 19.6 Å². The van der Waals surface area contributed by atoms with E-state index in [1.165, 1.54) is 6.07 Å². The van der Waals surface area contributed by atoms with Crippen LogP contribution in [0.4, 0.5) is 8.78 Å². The van der Waals surface area contributed by atoms with Gasteiger partial charge in [0, 0.05) is 36.1 Å². The van der Waals surface area contributed by atoms with Crippen LogP contribution in [0, 0.1) is 0 Å². The van der Waals surface area contributed by atoms with E-state index in [1.807, 2.05) is 0 Å². The minimum atomic E-state index is -2.84. The van der Waals surface area contributed by atoms with Gasteiger partial charge in [-0.15, -0.1) is 22.6 Å². The van der Waals surface area contributed by atoms with Crippen molar-refractivity contribution in [3.63, 3.8) is 0 Å². The highest BCUT2D eigenvalue weighted by molar-refractivity contribution is 6.30. The Hall–Kier alpha value is -1.48. The van der Waals surface area contributed by atoms with Gasteiger partial charge in [-0.3, -0.25) is 4.90 Å². The molecule has 3 heterocycles. The number of likely N-dealkylation sites (tertiary alicyclic amines) is 1. The minimum absolute atomic E-state index is 0. The van der Waals surface area contributed by atoms with Gasteiger partial charge >= 0.3 is 6.61 Å². The number of nitrogens with one attached hydrogen (secondary N) is 1. The molecule has 6 nitrogen and oxygen atoms in total. The SMILES string of the molecule is Cl.FC(F)Oc1ccc(Cl)cc1CN1CCC(c2nnc3n2CCNC3)CC1. The molecule has 0 bridgehead atoms. The van der Waals surface area contributed by atoms with E-state index in [4.69, 9.17) is 11.6 Å². The molecule has 1 N–H and O–H groups in total. The van der Waals surface area contributed by atoms with E-state index in [2.05, 4.69) is 29.7 Å². The van der Waals surface area contributed by atoms with Crippen molar-refractivity contribution in [2.45, 2.75) is 45.0 Å². The standard InChI is InChI=1S/C18H22ClF2N5O.ClH/c19-14-1-2-15(27-18(20)21)13(9-14)11-25-6-3-12(4-7-25)17-24-23-16-10-22-5-8-26(16)17;/h1-2,9,12,18,22H,3-8,10-11H2;1H. The van der Waals surface area contributed by atoms with Gasteiger partial charge in [-0.2, -0.15) is 8.78 Å². The molecule has 0 radical (unpaired) electrons. The van der Waals surface area contributed by atoms with Crippen LogP contribution in [0.1, 0.15) is 36.0 Å². The van der Waals surface area contributed by atoms with E-state index < -0.39 is 6.61 Å². The number of fused-ring (bicyclic) bond motifs is 1. The van der Waals surface area contributed by atoms with Crippen LogP contribution in [0.25, 0.3) is 0 Å². The summed E-state index contributed by atoms with van der Waals surface area (Å²) in [6.07, 6.45) is 1.94. The smallest absolute Gasteiger partial charge is 0.387 e. The van der Waals surface area contributed by atoms with Gasteiger partial charge in [-0.05, 0) is 44.1 Å². The maximum Gasteiger partial charge on any atom is 0.387 e. The average molecular weight is 434 g/mol. The monoisotopic (exact) mass is 433 g/mol. The van der Waals surface area contributed by atoms with Crippen LogP contribution in [0.3, 0.4) is 0 Å². The van der Waals surface area contributed by atoms with Gasteiger partial charge in [0.15, 0.2) is 0 Å². The average Bonchev–Trinajstić information content (AvgIpc) is 3.08. The fourth-order valence-corrected chi connectivity index (χ4v) is 4.08. The second-order valence-corrected chi connectivity index (χ2v) is 7.42. The molecule has 10 heteroatoms. The van der Waals surface area contributed by atoms with E-state index in [1.54, 1.807) is 12.1 Å². The van der Waals surface area contributed by atoms with E-state index in [-0.39, 0.29) is 18.2 Å². The lowest BCUT2D eigenvalue weighted by Crippen LogP contribution is -2.34. The number of aromatic nitrogens is 3. The normalized spacial score (nSPS) is 18.0. The Bertz CT molecular complexity index is 796. The zero-order valence-corrected chi connectivity index (χ0v) is 16.9. The molecule has 28 heavy (non-hydrogen) atoms. The van der Waals surface area contributed by atoms with Gasteiger partial charge in [-0.1, -0.05) is 11.6 Å². The molecule has 1 aromatic heterocycles. The van der Waals surface area contributed by atoms with Crippen LogP contribution in [0.15, 0.2) is 18.2 Å². The van der Waals surface area contributed by atoms with Crippen LogP contribution >= 0.6 is 24.0 Å². The number of ether oxygens (including phenoxy) is 1. The Kier molecular flexibility index (Phi) is 7.09. The third-order valence-corrected chi connectivity index (χ3v) is 5.47. The van der Waals surface area contributed by atoms with Crippen molar-refractivity contribution in [1.82, 2.24) is 25.0 Å². The summed E-state index contributed by atoms with van der Waals surface area (Å²) in [6, 6.07) is 4.78. The third kappa shape index (κ3) is 4.74. The predicted octanol–water partition coefficient (Wildman–Crippen LogP) is 3.44. The Labute approximate surface area is 173 Å². The van der Waals surface area contributed by atoms with E-state index in [9.17, 15) is 8.78 Å². The fourth-order valence-electron chi connectivity index (χ4n) is 3.89. The summed E-state index contributed by atoms with van der Waals surface area (Å²) in [5, 5.41) is 12.6. The van der Waals surface area contributed by atoms with Gasteiger partial charge in [0.2, 0.25) is 0 Å². The number of nitrogens with zero attached hydrogens (tertiary/aromatic N) is 4. The van der Waals surface area contributed by atoms with Crippen LogP contribution in [-0.2, 0) is 19.6 Å². The second kappa shape index (κ2) is 9.35. The van der Waals surface area contributed by atoms with Gasteiger partial charge < -0.3 is 14.6 Å². The Morgan fingerprint density at radius 1 is 1.21 bits per heavy atom. The van der Waals surface area contributed by atoms with E-state index >= 15 is 0 Å². The fraction of sp³-hybridized carbons (Fsp3) is 0.556. The molecule has 1 saturated heterocycles. The quantitative estimate of drug-likeness (QED) is 0.782. The molecule has 0 amide bonds. The first kappa shape index (κ1) is 21.2. The molecule has 2 aliphatic rings. The molecule has 1 fully saturated rings. The summed E-state index contributed by atoms with van der Waals surface area (Å²) in [5.41, 5.74) is 0.687. The molecule has 0 unspecified atom stereocenters. The van der Waals surface area contributed by atoms with Crippen molar-refractivity contribution < 1.29 is 13.5 Å². The number of piperidine rings is 1. The Morgan fingerprint density at radius 2 is 2.00 bits per heavy atom. The van der Waals surface area contributed by atoms with Gasteiger partial charge in [0.25, 0.3) is 0 Å². The van der Waals surface area contributed by atoms with Crippen LogP contribution in [0.2, 0.25) is 5.02 Å². The summed E-state index contributed by atoms with van der Waals surface area (Å²) >= 11 is 6.04. The number of hydrogen-bond acceptors (Lipinski definition) is 5. The molecule has 0 atom stereocenters.